The first-order valence-electron chi connectivity index (χ1n) is 9.22. The lowest BCUT2D eigenvalue weighted by atomic mass is 10.0. The number of carbonyl (C=O) groups excluding carboxylic acids is 1. The number of hydrogen-bond acceptors (Lipinski definition) is 4. The second kappa shape index (κ2) is 9.62. The number of amides is 1. The van der Waals surface area contributed by atoms with E-state index in [1.54, 1.807) is 16.3 Å². The maximum atomic E-state index is 12.7. The molecule has 0 N–H and O–H groups in total. The average Bonchev–Trinajstić information content (AvgIpc) is 2.66. The number of anilines is 1. The molecule has 0 atom stereocenters. The highest BCUT2D eigenvalue weighted by Crippen LogP contribution is 2.36. The molecule has 5 heteroatoms. The first-order chi connectivity index (χ1) is 11.8. The normalized spacial score (nSPS) is 19.8. The first-order valence-corrected chi connectivity index (χ1v) is 10.9. The van der Waals surface area contributed by atoms with E-state index in [4.69, 9.17) is 4.18 Å². The van der Waals surface area contributed by atoms with Crippen LogP contribution < -0.4 is 4.31 Å². The Labute approximate surface area is 154 Å². The lowest BCUT2D eigenvalue weighted by molar-refractivity contribution is 0.219. The fraction of sp³-hybridized carbons (Fsp3) is 0.632. The topological polar surface area (TPSA) is 29.5 Å². The highest BCUT2D eigenvalue weighted by Gasteiger charge is 2.26. The zero-order chi connectivity index (χ0) is 16.6. The number of nitrogens with zero attached hydrogens (tertiary/aromatic N) is 1. The molecular formula is C19H27NO2S2. The van der Waals surface area contributed by atoms with Gasteiger partial charge in [0.15, 0.2) is 0 Å². The summed E-state index contributed by atoms with van der Waals surface area (Å²) in [6, 6.07) is 9.91. The van der Waals surface area contributed by atoms with Gasteiger partial charge >= 0.3 is 6.09 Å². The molecule has 0 unspecified atom stereocenters. The standard InChI is InChI=1S/C19H27NO2S2/c21-19(22-24-18-14-8-3-9-15-18)20(16-10-4-1-5-11-16)23-17-12-6-2-7-13-17/h1,4-5,10-11,17-18H,2-3,6-9,12-15H2. The Morgan fingerprint density at radius 3 is 2.08 bits per heavy atom. The van der Waals surface area contributed by atoms with Crippen molar-refractivity contribution in [2.75, 3.05) is 4.31 Å². The van der Waals surface area contributed by atoms with Crippen molar-refractivity contribution in [3.8, 4) is 0 Å². The van der Waals surface area contributed by atoms with Crippen LogP contribution in [0.2, 0.25) is 0 Å². The van der Waals surface area contributed by atoms with Crippen LogP contribution in [0.1, 0.15) is 64.2 Å². The van der Waals surface area contributed by atoms with Gasteiger partial charge in [0.2, 0.25) is 0 Å². The van der Waals surface area contributed by atoms with Gasteiger partial charge in [0, 0.05) is 10.5 Å². The van der Waals surface area contributed by atoms with E-state index >= 15 is 0 Å². The van der Waals surface area contributed by atoms with Crippen LogP contribution in [0.5, 0.6) is 0 Å². The molecule has 2 saturated carbocycles. The predicted molar refractivity (Wildman–Crippen MR) is 104 cm³/mol. The molecule has 132 valence electrons. The van der Waals surface area contributed by atoms with Crippen molar-refractivity contribution in [1.29, 1.82) is 0 Å². The molecule has 2 aliphatic carbocycles. The van der Waals surface area contributed by atoms with Gasteiger partial charge in [0.1, 0.15) is 0 Å². The molecule has 2 fully saturated rings. The van der Waals surface area contributed by atoms with Crippen LogP contribution in [0.3, 0.4) is 0 Å². The Kier molecular flexibility index (Phi) is 7.21. The molecule has 0 heterocycles. The van der Waals surface area contributed by atoms with Gasteiger partial charge in [-0.15, -0.1) is 0 Å². The fourth-order valence-corrected chi connectivity index (χ4v) is 5.47. The van der Waals surface area contributed by atoms with Crippen LogP contribution >= 0.6 is 24.0 Å². The summed E-state index contributed by atoms with van der Waals surface area (Å²) in [4.78, 5) is 12.7. The smallest absolute Gasteiger partial charge is 0.374 e. The van der Waals surface area contributed by atoms with Gasteiger partial charge in [-0.05, 0) is 49.8 Å². The minimum atomic E-state index is -0.229. The van der Waals surface area contributed by atoms with E-state index < -0.39 is 0 Å². The van der Waals surface area contributed by atoms with Crippen molar-refractivity contribution in [2.24, 2.45) is 0 Å². The number of carbonyl (C=O) groups is 1. The third-order valence-corrected chi connectivity index (χ3v) is 7.09. The van der Waals surface area contributed by atoms with Crippen LogP contribution in [0.15, 0.2) is 30.3 Å². The van der Waals surface area contributed by atoms with E-state index in [-0.39, 0.29) is 6.09 Å². The first kappa shape index (κ1) is 18.0. The van der Waals surface area contributed by atoms with E-state index in [9.17, 15) is 4.79 Å². The molecule has 1 aromatic carbocycles. The quantitative estimate of drug-likeness (QED) is 0.435. The van der Waals surface area contributed by atoms with Crippen molar-refractivity contribution in [3.63, 3.8) is 0 Å². The molecule has 2 aliphatic rings. The highest BCUT2D eigenvalue weighted by atomic mass is 32.2. The summed E-state index contributed by atoms with van der Waals surface area (Å²) in [5.41, 5.74) is 0.919. The molecule has 24 heavy (non-hydrogen) atoms. The second-order valence-electron chi connectivity index (χ2n) is 6.70. The third kappa shape index (κ3) is 5.35. The summed E-state index contributed by atoms with van der Waals surface area (Å²) >= 11 is 3.04. The van der Waals surface area contributed by atoms with Crippen LogP contribution in [0.4, 0.5) is 10.5 Å². The number of rotatable bonds is 5. The number of para-hydroxylation sites is 1. The summed E-state index contributed by atoms with van der Waals surface area (Å²) in [7, 11) is 0. The zero-order valence-corrected chi connectivity index (χ0v) is 15.8. The van der Waals surface area contributed by atoms with Crippen LogP contribution in [0.25, 0.3) is 0 Å². The molecule has 1 aromatic rings. The molecule has 0 aliphatic heterocycles. The Hall–Kier alpha value is -0.810. The van der Waals surface area contributed by atoms with Crippen LogP contribution in [0, 0.1) is 0 Å². The molecule has 0 saturated heterocycles. The van der Waals surface area contributed by atoms with Gasteiger partial charge in [0.25, 0.3) is 0 Å². The maximum Gasteiger partial charge on any atom is 0.436 e. The zero-order valence-electron chi connectivity index (χ0n) is 14.2. The molecule has 1 amide bonds. The average molecular weight is 366 g/mol. The molecule has 3 nitrogen and oxygen atoms in total. The Bertz CT molecular complexity index is 499. The molecule has 0 aromatic heterocycles. The van der Waals surface area contributed by atoms with Gasteiger partial charge in [-0.3, -0.25) is 0 Å². The van der Waals surface area contributed by atoms with Crippen molar-refractivity contribution >= 4 is 35.8 Å². The monoisotopic (exact) mass is 365 g/mol. The SMILES string of the molecule is O=C(OSC1CCCCC1)N(SC1CCCCC1)c1ccccc1. The van der Waals surface area contributed by atoms with Gasteiger partial charge in [-0.25, -0.2) is 9.10 Å². The van der Waals surface area contributed by atoms with Crippen LogP contribution in [-0.2, 0) is 4.18 Å². The van der Waals surface area contributed by atoms with Crippen molar-refractivity contribution in [2.45, 2.75) is 74.7 Å². The van der Waals surface area contributed by atoms with E-state index in [2.05, 4.69) is 0 Å². The summed E-state index contributed by atoms with van der Waals surface area (Å²) in [5, 5.41) is 0.992. The summed E-state index contributed by atoms with van der Waals surface area (Å²) in [6.45, 7) is 0. The molecule has 0 bridgehead atoms. The minimum Gasteiger partial charge on any atom is -0.374 e. The summed E-state index contributed by atoms with van der Waals surface area (Å²) in [6.07, 6.45) is 12.2. The molecule has 0 radical (unpaired) electrons. The van der Waals surface area contributed by atoms with E-state index in [0.717, 1.165) is 5.69 Å². The largest absolute Gasteiger partial charge is 0.436 e. The van der Waals surface area contributed by atoms with Crippen molar-refractivity contribution in [1.82, 2.24) is 0 Å². The predicted octanol–water partition coefficient (Wildman–Crippen LogP) is 6.59. The van der Waals surface area contributed by atoms with Crippen molar-refractivity contribution < 1.29 is 8.98 Å². The molecule has 0 spiro atoms. The Morgan fingerprint density at radius 2 is 1.46 bits per heavy atom. The number of benzene rings is 1. The Morgan fingerprint density at radius 1 is 0.875 bits per heavy atom. The summed E-state index contributed by atoms with van der Waals surface area (Å²) < 4.78 is 7.39. The summed E-state index contributed by atoms with van der Waals surface area (Å²) in [5.74, 6) is 0. The van der Waals surface area contributed by atoms with Gasteiger partial charge in [0.05, 0.1) is 17.7 Å². The van der Waals surface area contributed by atoms with Gasteiger partial charge in [-0.1, -0.05) is 56.7 Å². The number of hydrogen-bond donors (Lipinski definition) is 0. The lowest BCUT2D eigenvalue weighted by Gasteiger charge is -2.28. The Balaban J connectivity index is 1.60. The van der Waals surface area contributed by atoms with Gasteiger partial charge < -0.3 is 4.18 Å². The van der Waals surface area contributed by atoms with E-state index in [0.29, 0.717) is 10.5 Å². The molecular weight excluding hydrogens is 338 g/mol. The van der Waals surface area contributed by atoms with E-state index in [1.165, 1.54) is 76.3 Å². The van der Waals surface area contributed by atoms with E-state index in [1.807, 2.05) is 30.3 Å². The molecule has 3 rings (SSSR count). The second-order valence-corrected chi connectivity index (χ2v) is 8.97. The van der Waals surface area contributed by atoms with Crippen molar-refractivity contribution in [3.05, 3.63) is 30.3 Å². The van der Waals surface area contributed by atoms with Gasteiger partial charge in [-0.2, -0.15) is 0 Å². The fourth-order valence-electron chi connectivity index (χ4n) is 3.40. The lowest BCUT2D eigenvalue weighted by Crippen LogP contribution is -2.27. The van der Waals surface area contributed by atoms with Crippen LogP contribution in [-0.4, -0.2) is 16.6 Å². The minimum absolute atomic E-state index is 0.229. The maximum absolute atomic E-state index is 12.7. The highest BCUT2D eigenvalue weighted by molar-refractivity contribution is 8.02. The third-order valence-electron chi connectivity index (χ3n) is 4.77.